The molecule has 2 rings (SSSR count). The highest BCUT2D eigenvalue weighted by Gasteiger charge is 2.23. The minimum Gasteiger partial charge on any atom is -0.480 e. The van der Waals surface area contributed by atoms with Crippen LogP contribution in [-0.2, 0) is 11.8 Å². The summed E-state index contributed by atoms with van der Waals surface area (Å²) in [5, 5.41) is 15.8. The first-order chi connectivity index (χ1) is 10.5. The van der Waals surface area contributed by atoms with Crippen molar-refractivity contribution in [1.82, 2.24) is 19.7 Å². The number of allylic oxidation sites excluding steroid dienone is 1. The molecule has 2 aromatic heterocycles. The van der Waals surface area contributed by atoms with Gasteiger partial charge in [-0.25, -0.2) is 4.79 Å². The second-order valence-corrected chi connectivity index (χ2v) is 4.76. The predicted molar refractivity (Wildman–Crippen MR) is 80.9 cm³/mol. The number of aromatic nitrogens is 3. The van der Waals surface area contributed by atoms with E-state index in [2.05, 4.69) is 10.4 Å². The number of carboxylic acids is 1. The number of aliphatic carboxylic acids is 1. The quantitative estimate of drug-likeness (QED) is 0.788. The van der Waals surface area contributed by atoms with Crippen LogP contribution in [0.5, 0.6) is 0 Å². The van der Waals surface area contributed by atoms with Crippen LogP contribution in [0.15, 0.2) is 42.9 Å². The lowest BCUT2D eigenvalue weighted by molar-refractivity contribution is -0.139. The van der Waals surface area contributed by atoms with Crippen molar-refractivity contribution >= 4 is 11.9 Å². The fraction of sp³-hybridized carbons (Fsp3) is 0.267. The summed E-state index contributed by atoms with van der Waals surface area (Å²) in [6.45, 7) is 1.80. The van der Waals surface area contributed by atoms with Gasteiger partial charge in [0.15, 0.2) is 0 Å². The summed E-state index contributed by atoms with van der Waals surface area (Å²) in [5.74, 6) is -0.954. The number of amides is 1. The number of carbonyl (C=O) groups excluding carboxylic acids is 1. The van der Waals surface area contributed by atoms with E-state index in [4.69, 9.17) is 0 Å². The van der Waals surface area contributed by atoms with Gasteiger partial charge in [-0.3, -0.25) is 9.48 Å². The maximum atomic E-state index is 12.4. The van der Waals surface area contributed by atoms with Crippen LogP contribution in [0.25, 0.3) is 5.82 Å². The van der Waals surface area contributed by atoms with Gasteiger partial charge in [0.05, 0.1) is 6.20 Å². The van der Waals surface area contributed by atoms with Gasteiger partial charge in [0.2, 0.25) is 0 Å². The fourth-order valence-electron chi connectivity index (χ4n) is 2.10. The van der Waals surface area contributed by atoms with Crippen molar-refractivity contribution in [3.63, 3.8) is 0 Å². The average Bonchev–Trinajstić information content (AvgIpc) is 3.11. The third-order valence-corrected chi connectivity index (χ3v) is 3.21. The maximum absolute atomic E-state index is 12.4. The molecule has 0 radical (unpaired) electrons. The zero-order chi connectivity index (χ0) is 16.1. The molecule has 1 unspecified atom stereocenters. The molecular formula is C15H18N4O3. The van der Waals surface area contributed by atoms with Gasteiger partial charge < -0.3 is 15.0 Å². The van der Waals surface area contributed by atoms with Crippen molar-refractivity contribution in [3.05, 3.63) is 48.4 Å². The summed E-state index contributed by atoms with van der Waals surface area (Å²) in [6, 6.07) is 2.70. The van der Waals surface area contributed by atoms with Gasteiger partial charge in [-0.15, -0.1) is 0 Å². The van der Waals surface area contributed by atoms with Crippen LogP contribution in [0, 0.1) is 0 Å². The Morgan fingerprint density at radius 2 is 2.09 bits per heavy atom. The van der Waals surface area contributed by atoms with Crippen molar-refractivity contribution < 1.29 is 14.7 Å². The van der Waals surface area contributed by atoms with Gasteiger partial charge >= 0.3 is 5.97 Å². The molecule has 0 spiro atoms. The Hall–Kier alpha value is -2.83. The van der Waals surface area contributed by atoms with Gasteiger partial charge in [0.25, 0.3) is 5.91 Å². The largest absolute Gasteiger partial charge is 0.480 e. The van der Waals surface area contributed by atoms with Crippen LogP contribution in [0.2, 0.25) is 0 Å². The van der Waals surface area contributed by atoms with E-state index in [9.17, 15) is 14.7 Å². The van der Waals surface area contributed by atoms with Gasteiger partial charge in [-0.05, 0) is 25.5 Å². The molecule has 2 N–H and O–H groups in total. The lowest BCUT2D eigenvalue weighted by Gasteiger charge is -2.13. The van der Waals surface area contributed by atoms with E-state index in [1.165, 1.54) is 6.20 Å². The number of nitrogens with one attached hydrogen (secondary N) is 1. The van der Waals surface area contributed by atoms with Crippen LogP contribution in [0.3, 0.4) is 0 Å². The number of hydrogen-bond donors (Lipinski definition) is 2. The highest BCUT2D eigenvalue weighted by molar-refractivity contribution is 5.99. The maximum Gasteiger partial charge on any atom is 0.326 e. The third-order valence-electron chi connectivity index (χ3n) is 3.21. The molecular weight excluding hydrogens is 284 g/mol. The fourth-order valence-corrected chi connectivity index (χ4v) is 2.10. The third kappa shape index (κ3) is 3.25. The molecule has 0 aliphatic rings. The summed E-state index contributed by atoms with van der Waals surface area (Å²) in [5.41, 5.74) is 0.324. The molecule has 0 aliphatic carbocycles. The molecule has 0 fully saturated rings. The first-order valence-corrected chi connectivity index (χ1v) is 6.84. The lowest BCUT2D eigenvalue weighted by Crippen LogP contribution is -2.40. The Kier molecular flexibility index (Phi) is 4.77. The summed E-state index contributed by atoms with van der Waals surface area (Å²) in [7, 11) is 1.72. The molecule has 2 heterocycles. The smallest absolute Gasteiger partial charge is 0.326 e. The molecule has 2 aromatic rings. The zero-order valence-electron chi connectivity index (χ0n) is 12.4. The Bertz CT molecular complexity index is 686. The first kappa shape index (κ1) is 15.6. The number of aryl methyl sites for hydroxylation is 1. The second kappa shape index (κ2) is 6.75. The summed E-state index contributed by atoms with van der Waals surface area (Å²) in [6.07, 6.45) is 8.70. The summed E-state index contributed by atoms with van der Waals surface area (Å²) in [4.78, 5) is 23.6. The van der Waals surface area contributed by atoms with Gasteiger partial charge in [0, 0.05) is 19.4 Å². The van der Waals surface area contributed by atoms with E-state index >= 15 is 0 Å². The first-order valence-electron chi connectivity index (χ1n) is 6.84. The van der Waals surface area contributed by atoms with Crippen LogP contribution in [-0.4, -0.2) is 37.4 Å². The highest BCUT2D eigenvalue weighted by atomic mass is 16.4. The van der Waals surface area contributed by atoms with E-state index in [0.29, 0.717) is 11.4 Å². The number of carboxylic acid groups (broad SMARTS) is 1. The standard InChI is InChI=1S/C15H18N4O3/c1-3-4-7-12(15(21)22)17-13(20)11-10-16-18(2)14(11)19-8-5-6-9-19/h3-6,8-10,12H,7H2,1-2H3,(H,17,20)(H,21,22)/b4-3+. The van der Waals surface area contributed by atoms with Crippen LogP contribution in [0.1, 0.15) is 23.7 Å². The van der Waals surface area contributed by atoms with Crippen LogP contribution in [0.4, 0.5) is 0 Å². The van der Waals surface area contributed by atoms with E-state index in [1.54, 1.807) is 47.8 Å². The zero-order valence-corrected chi connectivity index (χ0v) is 12.4. The van der Waals surface area contributed by atoms with Crippen molar-refractivity contribution in [2.75, 3.05) is 0 Å². The minimum atomic E-state index is -1.07. The Balaban J connectivity index is 2.25. The highest BCUT2D eigenvalue weighted by Crippen LogP contribution is 2.14. The molecule has 116 valence electrons. The van der Waals surface area contributed by atoms with Crippen molar-refractivity contribution in [3.8, 4) is 5.82 Å². The van der Waals surface area contributed by atoms with Crippen molar-refractivity contribution in [2.45, 2.75) is 19.4 Å². The van der Waals surface area contributed by atoms with Crippen LogP contribution >= 0.6 is 0 Å². The molecule has 0 bridgehead atoms. The Morgan fingerprint density at radius 3 is 2.68 bits per heavy atom. The van der Waals surface area contributed by atoms with E-state index in [1.807, 2.05) is 12.1 Å². The van der Waals surface area contributed by atoms with E-state index < -0.39 is 17.9 Å². The molecule has 0 aromatic carbocycles. The Labute approximate surface area is 127 Å². The van der Waals surface area contributed by atoms with Crippen molar-refractivity contribution in [2.24, 2.45) is 7.05 Å². The summed E-state index contributed by atoms with van der Waals surface area (Å²) >= 11 is 0. The number of carbonyl (C=O) groups is 2. The molecule has 1 atom stereocenters. The van der Waals surface area contributed by atoms with Gasteiger partial charge in [-0.1, -0.05) is 12.2 Å². The average molecular weight is 302 g/mol. The molecule has 0 aliphatic heterocycles. The van der Waals surface area contributed by atoms with Gasteiger partial charge in [-0.2, -0.15) is 5.10 Å². The van der Waals surface area contributed by atoms with E-state index in [-0.39, 0.29) is 6.42 Å². The molecule has 0 saturated carbocycles. The molecule has 0 saturated heterocycles. The number of hydrogen-bond acceptors (Lipinski definition) is 3. The normalized spacial score (nSPS) is 12.5. The molecule has 7 nitrogen and oxygen atoms in total. The topological polar surface area (TPSA) is 89.2 Å². The molecule has 1 amide bonds. The summed E-state index contributed by atoms with van der Waals surface area (Å²) < 4.78 is 3.32. The van der Waals surface area contributed by atoms with Crippen LogP contribution < -0.4 is 5.32 Å². The minimum absolute atomic E-state index is 0.233. The van der Waals surface area contributed by atoms with Gasteiger partial charge in [0.1, 0.15) is 17.4 Å². The predicted octanol–water partition coefficient (Wildman–Crippen LogP) is 1.36. The van der Waals surface area contributed by atoms with E-state index in [0.717, 1.165) is 0 Å². The Morgan fingerprint density at radius 1 is 1.41 bits per heavy atom. The van der Waals surface area contributed by atoms with Crippen molar-refractivity contribution in [1.29, 1.82) is 0 Å². The second-order valence-electron chi connectivity index (χ2n) is 4.76. The monoisotopic (exact) mass is 302 g/mol. The number of nitrogens with zero attached hydrogens (tertiary/aromatic N) is 3. The molecule has 22 heavy (non-hydrogen) atoms. The SMILES string of the molecule is C/C=C/CC(NC(=O)c1cnn(C)c1-n1cccc1)C(=O)O. The molecule has 7 heteroatoms. The number of rotatable bonds is 6. The lowest BCUT2D eigenvalue weighted by atomic mass is 10.2.